The highest BCUT2D eigenvalue weighted by molar-refractivity contribution is 6.33. The zero-order valence-electron chi connectivity index (χ0n) is 13.9. The molecule has 0 unspecified atom stereocenters. The van der Waals surface area contributed by atoms with E-state index in [9.17, 15) is 5.11 Å². The summed E-state index contributed by atoms with van der Waals surface area (Å²) in [5, 5.41) is 13.7. The van der Waals surface area contributed by atoms with Crippen LogP contribution in [0.2, 0.25) is 5.02 Å². The summed E-state index contributed by atoms with van der Waals surface area (Å²) < 4.78 is 0. The van der Waals surface area contributed by atoms with Crippen LogP contribution in [0.5, 0.6) is 5.75 Å². The summed E-state index contributed by atoms with van der Waals surface area (Å²) in [5.74, 6) is 0.0709. The normalized spacial score (nSPS) is 10.4. The van der Waals surface area contributed by atoms with Crippen molar-refractivity contribution in [2.75, 3.05) is 23.3 Å². The van der Waals surface area contributed by atoms with E-state index < -0.39 is 0 Å². The summed E-state index contributed by atoms with van der Waals surface area (Å²) in [4.78, 5) is 2.29. The van der Waals surface area contributed by atoms with Gasteiger partial charge >= 0.3 is 0 Å². The van der Waals surface area contributed by atoms with E-state index in [4.69, 9.17) is 11.6 Å². The molecule has 0 bridgehead atoms. The number of aromatic hydroxyl groups is 1. The molecule has 0 spiro atoms. The number of benzene rings is 2. The van der Waals surface area contributed by atoms with Gasteiger partial charge in [-0.3, -0.25) is 0 Å². The van der Waals surface area contributed by atoms with Crippen LogP contribution in [0.1, 0.15) is 25.0 Å². The second-order valence-corrected chi connectivity index (χ2v) is 5.73. The van der Waals surface area contributed by atoms with Crippen LogP contribution in [0.4, 0.5) is 17.1 Å². The molecule has 0 fully saturated rings. The molecule has 2 N–H and O–H groups in total. The van der Waals surface area contributed by atoms with Crippen LogP contribution >= 0.6 is 11.6 Å². The molecular weight excluding hydrogens is 308 g/mol. The van der Waals surface area contributed by atoms with E-state index in [2.05, 4.69) is 42.8 Å². The Bertz CT molecular complexity index is 692. The molecule has 3 nitrogen and oxygen atoms in total. The van der Waals surface area contributed by atoms with Gasteiger partial charge < -0.3 is 15.3 Å². The largest absolute Gasteiger partial charge is 0.506 e. The van der Waals surface area contributed by atoms with Gasteiger partial charge in [-0.15, -0.1) is 0 Å². The first-order valence-corrected chi connectivity index (χ1v) is 8.16. The fourth-order valence-electron chi connectivity index (χ4n) is 2.54. The van der Waals surface area contributed by atoms with Crippen molar-refractivity contribution in [3.05, 3.63) is 53.1 Å². The monoisotopic (exact) mass is 330 g/mol. The van der Waals surface area contributed by atoms with Crippen LogP contribution < -0.4 is 10.2 Å². The number of hydrogen-bond donors (Lipinski definition) is 2. The van der Waals surface area contributed by atoms with E-state index in [1.807, 2.05) is 25.1 Å². The summed E-state index contributed by atoms with van der Waals surface area (Å²) in [6, 6.07) is 10.1. The lowest BCUT2D eigenvalue weighted by Crippen LogP contribution is -2.21. The minimum Gasteiger partial charge on any atom is -0.506 e. The molecule has 0 atom stereocenters. The van der Waals surface area contributed by atoms with Crippen LogP contribution in [-0.2, 0) is 0 Å². The third kappa shape index (κ3) is 3.62. The number of nitrogens with zero attached hydrogens (tertiary/aromatic N) is 1. The van der Waals surface area contributed by atoms with Gasteiger partial charge in [0.05, 0.1) is 5.02 Å². The Hall–Kier alpha value is -2.13. The average molecular weight is 331 g/mol. The van der Waals surface area contributed by atoms with Gasteiger partial charge in [0.25, 0.3) is 0 Å². The Morgan fingerprint density at radius 2 is 1.83 bits per heavy atom. The van der Waals surface area contributed by atoms with Crippen LogP contribution in [0.15, 0.2) is 36.9 Å². The highest BCUT2D eigenvalue weighted by Crippen LogP contribution is 2.37. The molecule has 0 heterocycles. The summed E-state index contributed by atoms with van der Waals surface area (Å²) in [6.07, 6.45) is 1.59. The molecule has 0 amide bonds. The van der Waals surface area contributed by atoms with Crippen LogP contribution in [0.3, 0.4) is 0 Å². The Balaban J connectivity index is 2.29. The molecule has 2 rings (SSSR count). The third-order valence-electron chi connectivity index (χ3n) is 4.01. The molecule has 0 radical (unpaired) electrons. The van der Waals surface area contributed by atoms with Crippen molar-refractivity contribution in [3.63, 3.8) is 0 Å². The minimum atomic E-state index is 0.0709. The van der Waals surface area contributed by atoms with Crippen LogP contribution in [0, 0.1) is 6.92 Å². The van der Waals surface area contributed by atoms with Crippen molar-refractivity contribution >= 4 is 34.7 Å². The van der Waals surface area contributed by atoms with Gasteiger partial charge in [0.15, 0.2) is 0 Å². The topological polar surface area (TPSA) is 35.5 Å². The van der Waals surface area contributed by atoms with E-state index in [0.29, 0.717) is 10.6 Å². The standard InChI is InChI=1S/C19H23ClN2O/c1-5-14-12-17(13(4)18(20)19(14)23)21-15-8-10-16(11-9-15)22(6-2)7-3/h5,8-12,21,23H,1,6-7H2,2-4H3. The maximum atomic E-state index is 9.98. The van der Waals surface area contributed by atoms with Gasteiger partial charge in [-0.1, -0.05) is 24.3 Å². The molecule has 0 aliphatic rings. The molecule has 122 valence electrons. The van der Waals surface area contributed by atoms with Gasteiger partial charge in [0.1, 0.15) is 5.75 Å². The van der Waals surface area contributed by atoms with Crippen molar-refractivity contribution in [2.24, 2.45) is 0 Å². The average Bonchev–Trinajstić information content (AvgIpc) is 2.58. The van der Waals surface area contributed by atoms with Crippen molar-refractivity contribution in [3.8, 4) is 5.75 Å². The van der Waals surface area contributed by atoms with E-state index in [-0.39, 0.29) is 5.75 Å². The number of anilines is 3. The lowest BCUT2D eigenvalue weighted by molar-refractivity contribution is 0.474. The molecule has 0 aliphatic carbocycles. The van der Waals surface area contributed by atoms with E-state index >= 15 is 0 Å². The Morgan fingerprint density at radius 3 is 2.35 bits per heavy atom. The lowest BCUT2D eigenvalue weighted by Gasteiger charge is -2.21. The Kier molecular flexibility index (Phi) is 5.56. The Morgan fingerprint density at radius 1 is 1.22 bits per heavy atom. The third-order valence-corrected chi connectivity index (χ3v) is 4.47. The Labute approximate surface area is 143 Å². The number of phenols is 1. The van der Waals surface area contributed by atoms with Gasteiger partial charge in [0, 0.05) is 35.7 Å². The number of halogens is 1. The number of nitrogens with one attached hydrogen (secondary N) is 1. The highest BCUT2D eigenvalue weighted by atomic mass is 35.5. The maximum Gasteiger partial charge on any atom is 0.141 e. The molecule has 2 aromatic carbocycles. The van der Waals surface area contributed by atoms with Crippen molar-refractivity contribution in [1.29, 1.82) is 0 Å². The van der Waals surface area contributed by atoms with Gasteiger partial charge in [0.2, 0.25) is 0 Å². The zero-order valence-corrected chi connectivity index (χ0v) is 14.6. The first-order chi connectivity index (χ1) is 11.0. The summed E-state index contributed by atoms with van der Waals surface area (Å²) >= 11 is 6.19. The van der Waals surface area contributed by atoms with Gasteiger partial charge in [-0.25, -0.2) is 0 Å². The zero-order chi connectivity index (χ0) is 17.0. The first kappa shape index (κ1) is 17.2. The summed E-state index contributed by atoms with van der Waals surface area (Å²) in [7, 11) is 0. The van der Waals surface area contributed by atoms with Crippen molar-refractivity contribution in [1.82, 2.24) is 0 Å². The number of phenolic OH excluding ortho intramolecular Hbond substituents is 1. The first-order valence-electron chi connectivity index (χ1n) is 7.78. The fraction of sp³-hybridized carbons (Fsp3) is 0.263. The second-order valence-electron chi connectivity index (χ2n) is 5.35. The highest BCUT2D eigenvalue weighted by Gasteiger charge is 2.12. The number of hydrogen-bond acceptors (Lipinski definition) is 3. The lowest BCUT2D eigenvalue weighted by atomic mass is 10.1. The van der Waals surface area contributed by atoms with Gasteiger partial charge in [-0.2, -0.15) is 0 Å². The van der Waals surface area contributed by atoms with E-state index in [1.54, 1.807) is 6.08 Å². The molecule has 23 heavy (non-hydrogen) atoms. The molecule has 0 aromatic heterocycles. The van der Waals surface area contributed by atoms with Crippen LogP contribution in [-0.4, -0.2) is 18.2 Å². The van der Waals surface area contributed by atoms with Crippen molar-refractivity contribution in [2.45, 2.75) is 20.8 Å². The smallest absolute Gasteiger partial charge is 0.141 e. The molecule has 4 heteroatoms. The van der Waals surface area contributed by atoms with Crippen LogP contribution in [0.25, 0.3) is 6.08 Å². The molecular formula is C19H23ClN2O. The predicted molar refractivity (Wildman–Crippen MR) is 101 cm³/mol. The quantitative estimate of drug-likeness (QED) is 0.678. The second kappa shape index (κ2) is 7.42. The molecule has 0 saturated heterocycles. The predicted octanol–water partition coefficient (Wildman–Crippen LogP) is 5.59. The minimum absolute atomic E-state index is 0.0709. The SMILES string of the molecule is C=Cc1cc(Nc2ccc(N(CC)CC)cc2)c(C)c(Cl)c1O. The molecule has 2 aromatic rings. The molecule has 0 saturated carbocycles. The number of rotatable bonds is 6. The van der Waals surface area contributed by atoms with Gasteiger partial charge in [-0.05, 0) is 56.7 Å². The fourth-order valence-corrected chi connectivity index (χ4v) is 2.75. The summed E-state index contributed by atoms with van der Waals surface area (Å²) in [5.41, 5.74) is 4.46. The maximum absolute atomic E-state index is 9.98. The summed E-state index contributed by atoms with van der Waals surface area (Å²) in [6.45, 7) is 11.8. The van der Waals surface area contributed by atoms with E-state index in [1.165, 1.54) is 5.69 Å². The molecule has 0 aliphatic heterocycles. The van der Waals surface area contributed by atoms with Crippen molar-refractivity contribution < 1.29 is 5.11 Å². The van der Waals surface area contributed by atoms with E-state index in [0.717, 1.165) is 30.0 Å².